The molecule has 2 rings (SSSR count). The number of nitrogens with one attached hydrogen (secondary N) is 1. The molecule has 4 heteroatoms. The van der Waals surface area contributed by atoms with Crippen molar-refractivity contribution < 1.29 is 13.9 Å². The first kappa shape index (κ1) is 13.5. The van der Waals surface area contributed by atoms with Gasteiger partial charge in [0.15, 0.2) is 0 Å². The maximum atomic E-state index is 5.69. The van der Waals surface area contributed by atoms with E-state index in [9.17, 15) is 0 Å². The lowest BCUT2D eigenvalue weighted by Crippen LogP contribution is -2.07. The van der Waals surface area contributed by atoms with Crippen LogP contribution >= 0.6 is 0 Å². The number of rotatable bonds is 7. The second-order valence-corrected chi connectivity index (χ2v) is 4.09. The molecule has 0 unspecified atom stereocenters. The van der Waals surface area contributed by atoms with Gasteiger partial charge in [0.25, 0.3) is 0 Å². The summed E-state index contributed by atoms with van der Waals surface area (Å²) in [7, 11) is 1.91. The van der Waals surface area contributed by atoms with Gasteiger partial charge >= 0.3 is 0 Å². The molecule has 2 aromatic rings. The quantitative estimate of drug-likeness (QED) is 0.832. The Hall–Kier alpha value is -1.94. The van der Waals surface area contributed by atoms with Crippen molar-refractivity contribution in [1.82, 2.24) is 5.32 Å². The van der Waals surface area contributed by atoms with E-state index in [-0.39, 0.29) is 0 Å². The Morgan fingerprint density at radius 1 is 1.05 bits per heavy atom. The van der Waals surface area contributed by atoms with Crippen molar-refractivity contribution in [2.24, 2.45) is 0 Å². The van der Waals surface area contributed by atoms with E-state index in [0.717, 1.165) is 29.4 Å². The van der Waals surface area contributed by atoms with E-state index in [2.05, 4.69) is 5.32 Å². The second-order valence-electron chi connectivity index (χ2n) is 4.09. The fraction of sp³-hybridized carbons (Fsp3) is 0.333. The minimum absolute atomic E-state index is 0.429. The summed E-state index contributed by atoms with van der Waals surface area (Å²) in [5.74, 6) is 2.50. The largest absolute Gasteiger partial charge is 0.494 e. The maximum absolute atomic E-state index is 5.69. The van der Waals surface area contributed by atoms with Gasteiger partial charge in [0, 0.05) is 12.1 Å². The number of hydrogen-bond acceptors (Lipinski definition) is 4. The zero-order valence-electron chi connectivity index (χ0n) is 11.3. The van der Waals surface area contributed by atoms with Gasteiger partial charge in [-0.1, -0.05) is 0 Å². The van der Waals surface area contributed by atoms with Crippen LogP contribution in [-0.2, 0) is 13.2 Å². The van der Waals surface area contributed by atoms with Crippen molar-refractivity contribution in [1.29, 1.82) is 0 Å². The highest BCUT2D eigenvalue weighted by molar-refractivity contribution is 5.31. The standard InChI is InChI=1S/C15H19NO3/c1-3-17-13-4-6-14(7-5-13)19-11-15-12(10-16-2)8-9-18-15/h4-9,16H,3,10-11H2,1-2H3. The number of hydrogen-bond donors (Lipinski definition) is 1. The number of benzene rings is 1. The van der Waals surface area contributed by atoms with E-state index in [1.54, 1.807) is 6.26 Å². The van der Waals surface area contributed by atoms with Crippen LogP contribution in [0, 0.1) is 0 Å². The van der Waals surface area contributed by atoms with Crippen molar-refractivity contribution >= 4 is 0 Å². The smallest absolute Gasteiger partial charge is 0.146 e. The highest BCUT2D eigenvalue weighted by Crippen LogP contribution is 2.19. The van der Waals surface area contributed by atoms with E-state index in [1.807, 2.05) is 44.3 Å². The van der Waals surface area contributed by atoms with E-state index in [4.69, 9.17) is 13.9 Å². The van der Waals surface area contributed by atoms with Crippen LogP contribution < -0.4 is 14.8 Å². The molecule has 1 aromatic heterocycles. The lowest BCUT2D eigenvalue weighted by Gasteiger charge is -2.07. The summed E-state index contributed by atoms with van der Waals surface area (Å²) in [6.45, 7) is 3.83. The topological polar surface area (TPSA) is 43.6 Å². The van der Waals surface area contributed by atoms with Crippen LogP contribution in [0.2, 0.25) is 0 Å². The van der Waals surface area contributed by atoms with Crippen molar-refractivity contribution in [2.45, 2.75) is 20.1 Å². The van der Waals surface area contributed by atoms with Crippen LogP contribution in [0.4, 0.5) is 0 Å². The molecular weight excluding hydrogens is 242 g/mol. The van der Waals surface area contributed by atoms with E-state index in [0.29, 0.717) is 13.2 Å². The molecule has 0 aliphatic heterocycles. The molecule has 0 radical (unpaired) electrons. The van der Waals surface area contributed by atoms with Crippen LogP contribution in [0.25, 0.3) is 0 Å². The number of furan rings is 1. The molecule has 1 N–H and O–H groups in total. The van der Waals surface area contributed by atoms with Gasteiger partial charge in [-0.2, -0.15) is 0 Å². The Morgan fingerprint density at radius 3 is 2.37 bits per heavy atom. The van der Waals surface area contributed by atoms with Crippen molar-refractivity contribution in [3.63, 3.8) is 0 Å². The third-order valence-electron chi connectivity index (χ3n) is 2.71. The molecule has 1 aromatic carbocycles. The van der Waals surface area contributed by atoms with Gasteiger partial charge in [-0.15, -0.1) is 0 Å². The summed E-state index contributed by atoms with van der Waals surface area (Å²) >= 11 is 0. The van der Waals surface area contributed by atoms with Crippen LogP contribution in [0.1, 0.15) is 18.2 Å². The average molecular weight is 261 g/mol. The molecule has 0 bridgehead atoms. The Balaban J connectivity index is 1.92. The van der Waals surface area contributed by atoms with Crippen molar-refractivity contribution in [2.75, 3.05) is 13.7 Å². The molecule has 0 saturated carbocycles. The Morgan fingerprint density at radius 2 is 1.74 bits per heavy atom. The van der Waals surface area contributed by atoms with Crippen LogP contribution in [0.15, 0.2) is 41.0 Å². The van der Waals surface area contributed by atoms with E-state index < -0.39 is 0 Å². The molecule has 0 amide bonds. The maximum Gasteiger partial charge on any atom is 0.146 e. The molecule has 0 saturated heterocycles. The van der Waals surface area contributed by atoms with Gasteiger partial charge in [0.2, 0.25) is 0 Å². The summed E-state index contributed by atoms with van der Waals surface area (Å²) < 4.78 is 16.5. The zero-order valence-corrected chi connectivity index (χ0v) is 11.3. The molecule has 0 aliphatic rings. The molecule has 19 heavy (non-hydrogen) atoms. The first-order valence-corrected chi connectivity index (χ1v) is 6.39. The molecule has 102 valence electrons. The van der Waals surface area contributed by atoms with Crippen molar-refractivity contribution in [3.05, 3.63) is 47.9 Å². The Bertz CT molecular complexity index is 490. The SMILES string of the molecule is CCOc1ccc(OCc2occc2CNC)cc1. The second kappa shape index (κ2) is 6.85. The normalized spacial score (nSPS) is 10.4. The number of ether oxygens (including phenoxy) is 2. The first-order chi connectivity index (χ1) is 9.33. The summed E-state index contributed by atoms with van der Waals surface area (Å²) in [4.78, 5) is 0. The fourth-order valence-corrected chi connectivity index (χ4v) is 1.79. The van der Waals surface area contributed by atoms with Crippen LogP contribution in [-0.4, -0.2) is 13.7 Å². The van der Waals surface area contributed by atoms with Crippen LogP contribution in [0.5, 0.6) is 11.5 Å². The monoisotopic (exact) mass is 261 g/mol. The Kier molecular flexibility index (Phi) is 4.86. The van der Waals surface area contributed by atoms with E-state index in [1.165, 1.54) is 0 Å². The molecule has 1 heterocycles. The first-order valence-electron chi connectivity index (χ1n) is 6.39. The van der Waals surface area contributed by atoms with Gasteiger partial charge in [-0.3, -0.25) is 0 Å². The summed E-state index contributed by atoms with van der Waals surface area (Å²) in [5.41, 5.74) is 1.12. The highest BCUT2D eigenvalue weighted by atomic mass is 16.5. The van der Waals surface area contributed by atoms with Crippen molar-refractivity contribution in [3.8, 4) is 11.5 Å². The summed E-state index contributed by atoms with van der Waals surface area (Å²) in [5, 5.41) is 3.10. The average Bonchev–Trinajstić information content (AvgIpc) is 2.86. The van der Waals surface area contributed by atoms with Gasteiger partial charge < -0.3 is 19.2 Å². The predicted molar refractivity (Wildman–Crippen MR) is 73.4 cm³/mol. The lowest BCUT2D eigenvalue weighted by molar-refractivity contribution is 0.267. The lowest BCUT2D eigenvalue weighted by atomic mass is 10.2. The summed E-state index contributed by atoms with van der Waals surface area (Å²) in [6, 6.07) is 9.54. The summed E-state index contributed by atoms with van der Waals surface area (Å²) in [6.07, 6.45) is 1.68. The molecule has 0 spiro atoms. The molecule has 0 fully saturated rings. The molecule has 4 nitrogen and oxygen atoms in total. The Labute approximate surface area is 113 Å². The minimum Gasteiger partial charge on any atom is -0.494 e. The predicted octanol–water partition coefficient (Wildman–Crippen LogP) is 2.98. The van der Waals surface area contributed by atoms with E-state index >= 15 is 0 Å². The van der Waals surface area contributed by atoms with Gasteiger partial charge in [0.1, 0.15) is 23.9 Å². The third-order valence-corrected chi connectivity index (χ3v) is 2.71. The van der Waals surface area contributed by atoms with Crippen LogP contribution in [0.3, 0.4) is 0 Å². The zero-order chi connectivity index (χ0) is 13.5. The van der Waals surface area contributed by atoms with Gasteiger partial charge in [-0.05, 0) is 44.3 Å². The molecular formula is C15H19NO3. The van der Waals surface area contributed by atoms with Gasteiger partial charge in [0.05, 0.1) is 12.9 Å². The molecule has 0 atom stereocenters. The van der Waals surface area contributed by atoms with Gasteiger partial charge in [-0.25, -0.2) is 0 Å². The minimum atomic E-state index is 0.429. The fourth-order valence-electron chi connectivity index (χ4n) is 1.79. The molecule has 0 aliphatic carbocycles. The third kappa shape index (κ3) is 3.76. The highest BCUT2D eigenvalue weighted by Gasteiger charge is 2.06.